The van der Waals surface area contributed by atoms with Crippen molar-refractivity contribution in [2.24, 2.45) is 11.8 Å². The van der Waals surface area contributed by atoms with Crippen LogP contribution in [0.15, 0.2) is 27.4 Å². The third kappa shape index (κ3) is 4.82. The number of aromatic nitrogens is 2. The van der Waals surface area contributed by atoms with Crippen molar-refractivity contribution in [2.45, 2.75) is 32.7 Å². The van der Waals surface area contributed by atoms with Crippen molar-refractivity contribution in [3.63, 3.8) is 0 Å². The summed E-state index contributed by atoms with van der Waals surface area (Å²) in [5.41, 5.74) is 0.518. The molecule has 3 N–H and O–H groups in total. The molecule has 0 saturated carbocycles. The maximum Gasteiger partial charge on any atom is 0.573 e. The number of rotatable bonds is 5. The maximum atomic E-state index is 12.8. The Morgan fingerprint density at radius 2 is 2.19 bits per heavy atom. The summed E-state index contributed by atoms with van der Waals surface area (Å²) in [6.45, 7) is 5.77. The highest BCUT2D eigenvalue weighted by molar-refractivity contribution is 5.67. The normalized spacial score (nSPS) is 21.7. The zero-order valence-corrected chi connectivity index (χ0v) is 14.9. The van der Waals surface area contributed by atoms with Crippen LogP contribution in [0.4, 0.5) is 18.9 Å². The number of benzene rings is 1. The number of piperidine rings is 1. The molecule has 2 heterocycles. The highest BCUT2D eigenvalue weighted by Crippen LogP contribution is 2.35. The summed E-state index contributed by atoms with van der Waals surface area (Å²) in [5, 5.41) is 12.3. The number of alkyl halides is 3. The molecule has 0 radical (unpaired) electrons. The molecule has 1 fully saturated rings. The van der Waals surface area contributed by atoms with Gasteiger partial charge in [0.1, 0.15) is 0 Å². The van der Waals surface area contributed by atoms with Gasteiger partial charge < -0.3 is 19.8 Å². The van der Waals surface area contributed by atoms with Gasteiger partial charge in [0.05, 0.1) is 5.69 Å². The highest BCUT2D eigenvalue weighted by Gasteiger charge is 2.33. The number of anilines is 1. The van der Waals surface area contributed by atoms with Gasteiger partial charge in [-0.2, -0.15) is 0 Å². The highest BCUT2D eigenvalue weighted by atomic mass is 19.4. The van der Waals surface area contributed by atoms with Gasteiger partial charge in [0, 0.05) is 11.6 Å². The van der Waals surface area contributed by atoms with Crippen molar-refractivity contribution in [2.75, 3.05) is 18.4 Å². The Hall–Kier alpha value is -2.49. The van der Waals surface area contributed by atoms with Crippen molar-refractivity contribution in [1.29, 1.82) is 0 Å². The molecule has 0 unspecified atom stereocenters. The van der Waals surface area contributed by atoms with E-state index in [1.165, 1.54) is 18.2 Å². The van der Waals surface area contributed by atoms with E-state index in [4.69, 9.17) is 4.42 Å². The third-order valence-electron chi connectivity index (χ3n) is 4.77. The summed E-state index contributed by atoms with van der Waals surface area (Å²) in [6.07, 6.45) is -3.90. The Kier molecular flexibility index (Phi) is 5.45. The lowest BCUT2D eigenvalue weighted by atomic mass is 9.82. The van der Waals surface area contributed by atoms with Gasteiger partial charge in [-0.05, 0) is 56.5 Å². The van der Waals surface area contributed by atoms with E-state index in [0.29, 0.717) is 11.5 Å². The molecule has 0 amide bonds. The van der Waals surface area contributed by atoms with Crippen LogP contribution in [0.25, 0.3) is 11.5 Å². The largest absolute Gasteiger partial charge is 0.573 e. The Bertz CT molecular complexity index is 833. The van der Waals surface area contributed by atoms with Crippen molar-refractivity contribution in [3.8, 4) is 17.2 Å². The van der Waals surface area contributed by atoms with E-state index in [2.05, 4.69) is 32.5 Å². The first kappa shape index (κ1) is 19.3. The van der Waals surface area contributed by atoms with Crippen LogP contribution in [0.5, 0.6) is 5.75 Å². The van der Waals surface area contributed by atoms with Crippen LogP contribution in [-0.2, 0) is 0 Å². The van der Waals surface area contributed by atoms with E-state index < -0.39 is 12.1 Å². The zero-order chi connectivity index (χ0) is 19.6. The summed E-state index contributed by atoms with van der Waals surface area (Å²) in [5.74, 6) is -0.438. The van der Waals surface area contributed by atoms with Crippen LogP contribution >= 0.6 is 0 Å². The Morgan fingerprint density at radius 3 is 2.81 bits per heavy atom. The number of hydrogen-bond acceptors (Lipinski definition) is 6. The van der Waals surface area contributed by atoms with E-state index in [1.54, 1.807) is 0 Å². The minimum absolute atomic E-state index is 0.00973. The van der Waals surface area contributed by atoms with E-state index >= 15 is 0 Å². The number of hydrogen-bond donors (Lipinski definition) is 3. The lowest BCUT2D eigenvalue weighted by Gasteiger charge is -2.35. The quantitative estimate of drug-likeness (QED) is 0.732. The van der Waals surface area contributed by atoms with Crippen molar-refractivity contribution < 1.29 is 22.3 Å². The van der Waals surface area contributed by atoms with Crippen LogP contribution in [-0.4, -0.2) is 35.7 Å². The molecule has 1 saturated heterocycles. The second kappa shape index (κ2) is 7.63. The number of H-pyrrole nitrogens is 1. The molecule has 0 aliphatic carbocycles. The molecule has 3 atom stereocenters. The summed E-state index contributed by atoms with van der Waals surface area (Å²) in [4.78, 5) is 11.1. The summed E-state index contributed by atoms with van der Waals surface area (Å²) < 4.78 is 47.3. The molecule has 0 spiro atoms. The zero-order valence-electron chi connectivity index (χ0n) is 14.9. The fraction of sp³-hybridized carbons (Fsp3) is 0.529. The number of nitrogens with one attached hydrogen (secondary N) is 3. The Balaban J connectivity index is 1.90. The lowest BCUT2D eigenvalue weighted by molar-refractivity contribution is -0.274. The smallest absolute Gasteiger partial charge is 0.404 e. The summed E-state index contributed by atoms with van der Waals surface area (Å²) in [6, 6.07) is 3.88. The molecule has 27 heavy (non-hydrogen) atoms. The second-order valence-electron chi connectivity index (χ2n) is 6.74. The van der Waals surface area contributed by atoms with Gasteiger partial charge in [0.2, 0.25) is 5.89 Å². The first-order valence-corrected chi connectivity index (χ1v) is 8.66. The van der Waals surface area contributed by atoms with E-state index in [1.807, 2.05) is 6.92 Å². The van der Waals surface area contributed by atoms with Crippen molar-refractivity contribution in [1.82, 2.24) is 15.5 Å². The van der Waals surface area contributed by atoms with Crippen LogP contribution in [0, 0.1) is 11.8 Å². The fourth-order valence-electron chi connectivity index (χ4n) is 3.47. The molecular formula is C17H21F3N4O3. The summed E-state index contributed by atoms with van der Waals surface area (Å²) >= 11 is 0. The van der Waals surface area contributed by atoms with Crippen LogP contribution in [0.3, 0.4) is 0 Å². The summed E-state index contributed by atoms with van der Waals surface area (Å²) in [7, 11) is 0. The van der Waals surface area contributed by atoms with Crippen LogP contribution in [0.2, 0.25) is 0 Å². The molecule has 10 heteroatoms. The number of aromatic amines is 1. The number of halogens is 3. The standard InChI is InChI=1S/C17H21F3N4O3/c1-9-8-21-6-5-12(9)10(2)22-13-7-11(15-23-24-16(25)26-15)3-4-14(13)27-17(18,19)20/h3-4,7,9-10,12,21-22H,5-6,8H2,1-2H3,(H,24,25)/t9-,10+,12+/m1/s1. The average molecular weight is 386 g/mol. The first-order chi connectivity index (χ1) is 12.7. The predicted octanol–water partition coefficient (Wildman–Crippen LogP) is 2.97. The molecule has 1 aromatic heterocycles. The molecule has 3 rings (SSSR count). The van der Waals surface area contributed by atoms with E-state index in [-0.39, 0.29) is 29.3 Å². The molecule has 0 bridgehead atoms. The predicted molar refractivity (Wildman–Crippen MR) is 92.5 cm³/mol. The van der Waals surface area contributed by atoms with E-state index in [0.717, 1.165) is 19.5 Å². The van der Waals surface area contributed by atoms with Crippen molar-refractivity contribution in [3.05, 3.63) is 28.7 Å². The minimum atomic E-state index is -4.82. The topological polar surface area (TPSA) is 92.2 Å². The lowest BCUT2D eigenvalue weighted by Crippen LogP contribution is -2.42. The molecule has 1 aliphatic heterocycles. The maximum absolute atomic E-state index is 12.8. The van der Waals surface area contributed by atoms with Crippen LogP contribution in [0.1, 0.15) is 20.3 Å². The average Bonchev–Trinajstić information content (AvgIpc) is 3.02. The molecule has 1 aromatic carbocycles. The number of nitrogens with zero attached hydrogens (tertiary/aromatic N) is 1. The molecule has 2 aromatic rings. The molecule has 148 valence electrons. The second-order valence-corrected chi connectivity index (χ2v) is 6.74. The SMILES string of the molecule is C[C@@H]1CNCC[C@@H]1[C@H](C)Nc1cc(-c2n[nH]c(=O)o2)ccc1OC(F)(F)F. The van der Waals surface area contributed by atoms with E-state index in [9.17, 15) is 18.0 Å². The van der Waals surface area contributed by atoms with Crippen LogP contribution < -0.4 is 21.1 Å². The van der Waals surface area contributed by atoms with Gasteiger partial charge >= 0.3 is 12.1 Å². The van der Waals surface area contributed by atoms with Gasteiger partial charge in [-0.25, -0.2) is 9.89 Å². The Morgan fingerprint density at radius 1 is 1.41 bits per heavy atom. The van der Waals surface area contributed by atoms with Gasteiger partial charge in [0.25, 0.3) is 0 Å². The monoisotopic (exact) mass is 386 g/mol. The third-order valence-corrected chi connectivity index (χ3v) is 4.77. The van der Waals surface area contributed by atoms with Crippen molar-refractivity contribution >= 4 is 5.69 Å². The molecule has 7 nitrogen and oxygen atoms in total. The molecule has 1 aliphatic rings. The van der Waals surface area contributed by atoms with Gasteiger partial charge in [-0.15, -0.1) is 18.3 Å². The van der Waals surface area contributed by atoms with Gasteiger partial charge in [-0.1, -0.05) is 6.92 Å². The first-order valence-electron chi connectivity index (χ1n) is 8.66. The number of ether oxygens (including phenoxy) is 1. The van der Waals surface area contributed by atoms with Gasteiger partial charge in [0.15, 0.2) is 5.75 Å². The fourth-order valence-corrected chi connectivity index (χ4v) is 3.47. The van der Waals surface area contributed by atoms with Gasteiger partial charge in [-0.3, -0.25) is 0 Å². The minimum Gasteiger partial charge on any atom is -0.404 e. The molecular weight excluding hydrogens is 365 g/mol. The Labute approximate surface area is 153 Å².